The number of hydrazone groups is 1. The molecule has 0 heterocycles. The number of para-hydroxylation sites is 3. The minimum Gasteiger partial charge on any atom is -0.495 e. The fraction of sp³-hybridized carbons (Fsp3) is 0.300. The van der Waals surface area contributed by atoms with Crippen molar-refractivity contribution >= 4 is 17.8 Å². The Morgan fingerprint density at radius 3 is 2.48 bits per heavy atom. The molecule has 0 bridgehead atoms. The Labute approximate surface area is 159 Å². The van der Waals surface area contributed by atoms with Crippen LogP contribution in [-0.4, -0.2) is 39.0 Å². The van der Waals surface area contributed by atoms with Crippen LogP contribution in [0, 0.1) is 0 Å². The van der Waals surface area contributed by atoms with Crippen LogP contribution in [0.25, 0.3) is 0 Å². The standard InChI is InChI=1S/C20H25N3O4/c1-14(2)27-20-15(8-7-11-18(20)26-4)12-22-23-19(24)13-21-16-9-5-6-10-17(16)25-3/h5-12,14,21H,13H2,1-4H3,(H,23,24)/b22-12-. The topological polar surface area (TPSA) is 81.2 Å². The summed E-state index contributed by atoms with van der Waals surface area (Å²) >= 11 is 0. The van der Waals surface area contributed by atoms with E-state index < -0.39 is 0 Å². The molecule has 0 radical (unpaired) electrons. The first kappa shape index (κ1) is 20.1. The van der Waals surface area contributed by atoms with Crippen molar-refractivity contribution in [2.45, 2.75) is 20.0 Å². The van der Waals surface area contributed by atoms with Gasteiger partial charge in [0.15, 0.2) is 11.5 Å². The zero-order chi connectivity index (χ0) is 19.6. The molecule has 0 saturated heterocycles. The molecular weight excluding hydrogens is 346 g/mol. The van der Waals surface area contributed by atoms with Crippen molar-refractivity contribution < 1.29 is 19.0 Å². The maximum atomic E-state index is 12.0. The van der Waals surface area contributed by atoms with Gasteiger partial charge in [0.1, 0.15) is 5.75 Å². The van der Waals surface area contributed by atoms with Crippen LogP contribution in [0.2, 0.25) is 0 Å². The summed E-state index contributed by atoms with van der Waals surface area (Å²) in [5.74, 6) is 1.57. The number of nitrogens with one attached hydrogen (secondary N) is 2. The maximum Gasteiger partial charge on any atom is 0.259 e. The Morgan fingerprint density at radius 1 is 1.07 bits per heavy atom. The lowest BCUT2D eigenvalue weighted by Crippen LogP contribution is -2.26. The fourth-order valence-corrected chi connectivity index (χ4v) is 2.34. The van der Waals surface area contributed by atoms with Crippen molar-refractivity contribution in [1.29, 1.82) is 0 Å². The number of carbonyl (C=O) groups excluding carboxylic acids is 1. The minimum absolute atomic E-state index is 0.0203. The first-order chi connectivity index (χ1) is 13.0. The molecule has 0 saturated carbocycles. The molecule has 1 amide bonds. The highest BCUT2D eigenvalue weighted by Gasteiger charge is 2.11. The highest BCUT2D eigenvalue weighted by Crippen LogP contribution is 2.30. The quantitative estimate of drug-likeness (QED) is 0.523. The molecule has 2 aromatic rings. The van der Waals surface area contributed by atoms with E-state index in [2.05, 4.69) is 15.8 Å². The summed E-state index contributed by atoms with van der Waals surface area (Å²) in [6.07, 6.45) is 1.51. The Hall–Kier alpha value is -3.22. The molecule has 2 N–H and O–H groups in total. The third-order valence-corrected chi connectivity index (χ3v) is 3.52. The van der Waals surface area contributed by atoms with Gasteiger partial charge in [-0.05, 0) is 38.1 Å². The summed E-state index contributed by atoms with van der Waals surface area (Å²) in [5, 5.41) is 7.02. The zero-order valence-corrected chi connectivity index (χ0v) is 16.0. The smallest absolute Gasteiger partial charge is 0.259 e. The van der Waals surface area contributed by atoms with Crippen LogP contribution in [0.5, 0.6) is 17.2 Å². The predicted octanol–water partition coefficient (Wildman–Crippen LogP) is 3.05. The van der Waals surface area contributed by atoms with E-state index in [0.29, 0.717) is 22.8 Å². The first-order valence-electron chi connectivity index (χ1n) is 8.57. The molecule has 0 aliphatic carbocycles. The number of amides is 1. The van der Waals surface area contributed by atoms with Gasteiger partial charge in [-0.15, -0.1) is 0 Å². The molecule has 0 aromatic heterocycles. The maximum absolute atomic E-state index is 12.0. The molecule has 144 valence electrons. The number of hydrogen-bond acceptors (Lipinski definition) is 6. The van der Waals surface area contributed by atoms with Gasteiger partial charge < -0.3 is 19.5 Å². The lowest BCUT2D eigenvalue weighted by atomic mass is 10.2. The monoisotopic (exact) mass is 371 g/mol. The van der Waals surface area contributed by atoms with Crippen molar-refractivity contribution in [2.75, 3.05) is 26.1 Å². The average Bonchev–Trinajstić information content (AvgIpc) is 2.67. The fourth-order valence-electron chi connectivity index (χ4n) is 2.34. The van der Waals surface area contributed by atoms with Crippen LogP contribution >= 0.6 is 0 Å². The van der Waals surface area contributed by atoms with Gasteiger partial charge in [-0.2, -0.15) is 5.10 Å². The van der Waals surface area contributed by atoms with Crippen LogP contribution < -0.4 is 25.0 Å². The number of rotatable bonds is 9. The van der Waals surface area contributed by atoms with Gasteiger partial charge in [0, 0.05) is 5.56 Å². The van der Waals surface area contributed by atoms with E-state index in [0.717, 1.165) is 5.69 Å². The molecular formula is C20H25N3O4. The van der Waals surface area contributed by atoms with E-state index in [1.165, 1.54) is 6.21 Å². The molecule has 7 nitrogen and oxygen atoms in total. The summed E-state index contributed by atoms with van der Waals surface area (Å²) in [7, 11) is 3.16. The normalized spacial score (nSPS) is 10.7. The molecule has 27 heavy (non-hydrogen) atoms. The Morgan fingerprint density at radius 2 is 1.78 bits per heavy atom. The summed E-state index contributed by atoms with van der Waals surface area (Å²) in [5.41, 5.74) is 3.93. The summed E-state index contributed by atoms with van der Waals surface area (Å²) in [4.78, 5) is 12.0. The van der Waals surface area contributed by atoms with Gasteiger partial charge in [0.05, 0.1) is 38.8 Å². The summed E-state index contributed by atoms with van der Waals surface area (Å²) < 4.78 is 16.4. The van der Waals surface area contributed by atoms with Crippen molar-refractivity contribution in [3.05, 3.63) is 48.0 Å². The van der Waals surface area contributed by atoms with Gasteiger partial charge in [-0.1, -0.05) is 18.2 Å². The Bertz CT molecular complexity index is 791. The summed E-state index contributed by atoms with van der Waals surface area (Å²) in [6.45, 7) is 3.92. The minimum atomic E-state index is -0.286. The van der Waals surface area contributed by atoms with E-state index in [-0.39, 0.29) is 18.6 Å². The second-order valence-corrected chi connectivity index (χ2v) is 5.89. The Kier molecular flexibility index (Phi) is 7.49. The number of nitrogens with zero attached hydrogens (tertiary/aromatic N) is 1. The molecule has 0 atom stereocenters. The highest BCUT2D eigenvalue weighted by atomic mass is 16.5. The third-order valence-electron chi connectivity index (χ3n) is 3.52. The van der Waals surface area contributed by atoms with Crippen molar-refractivity contribution in [3.63, 3.8) is 0 Å². The lowest BCUT2D eigenvalue weighted by molar-refractivity contribution is -0.119. The number of anilines is 1. The van der Waals surface area contributed by atoms with E-state index >= 15 is 0 Å². The highest BCUT2D eigenvalue weighted by molar-refractivity contribution is 5.87. The van der Waals surface area contributed by atoms with Crippen LogP contribution in [0.3, 0.4) is 0 Å². The number of methoxy groups -OCH3 is 2. The second kappa shape index (κ2) is 10.1. The van der Waals surface area contributed by atoms with Gasteiger partial charge in [0.2, 0.25) is 0 Å². The van der Waals surface area contributed by atoms with Crippen molar-refractivity contribution in [1.82, 2.24) is 5.43 Å². The Balaban J connectivity index is 1.97. The van der Waals surface area contributed by atoms with Crippen LogP contribution in [-0.2, 0) is 4.79 Å². The second-order valence-electron chi connectivity index (χ2n) is 5.89. The zero-order valence-electron chi connectivity index (χ0n) is 16.0. The molecule has 0 aliphatic rings. The first-order valence-corrected chi connectivity index (χ1v) is 8.57. The molecule has 0 spiro atoms. The van der Waals surface area contributed by atoms with Gasteiger partial charge in [-0.3, -0.25) is 4.79 Å². The van der Waals surface area contributed by atoms with Crippen molar-refractivity contribution in [3.8, 4) is 17.2 Å². The van der Waals surface area contributed by atoms with Crippen molar-refractivity contribution in [2.24, 2.45) is 5.10 Å². The van der Waals surface area contributed by atoms with Crippen LogP contribution in [0.15, 0.2) is 47.6 Å². The summed E-state index contributed by atoms with van der Waals surface area (Å²) in [6, 6.07) is 12.9. The van der Waals surface area contributed by atoms with Crippen LogP contribution in [0.4, 0.5) is 5.69 Å². The van der Waals surface area contributed by atoms with E-state index in [1.807, 2.05) is 56.3 Å². The average molecular weight is 371 g/mol. The number of ether oxygens (including phenoxy) is 3. The van der Waals surface area contributed by atoms with E-state index in [9.17, 15) is 4.79 Å². The largest absolute Gasteiger partial charge is 0.495 e. The predicted molar refractivity (Wildman–Crippen MR) is 106 cm³/mol. The van der Waals surface area contributed by atoms with Crippen LogP contribution in [0.1, 0.15) is 19.4 Å². The number of benzene rings is 2. The van der Waals surface area contributed by atoms with E-state index in [1.54, 1.807) is 14.2 Å². The number of carbonyl (C=O) groups is 1. The van der Waals surface area contributed by atoms with Gasteiger partial charge in [-0.25, -0.2) is 5.43 Å². The molecule has 0 aliphatic heterocycles. The molecule has 0 fully saturated rings. The van der Waals surface area contributed by atoms with Gasteiger partial charge in [0.25, 0.3) is 5.91 Å². The molecule has 0 unspecified atom stereocenters. The third kappa shape index (κ3) is 5.91. The number of hydrogen-bond donors (Lipinski definition) is 2. The molecule has 2 aromatic carbocycles. The molecule has 2 rings (SSSR count). The SMILES string of the molecule is COc1ccccc1NCC(=O)N/N=C\c1cccc(OC)c1OC(C)C. The van der Waals surface area contributed by atoms with Gasteiger partial charge >= 0.3 is 0 Å². The lowest BCUT2D eigenvalue weighted by Gasteiger charge is -2.15. The molecule has 7 heteroatoms. The van der Waals surface area contributed by atoms with E-state index in [4.69, 9.17) is 14.2 Å².